The molecule has 1 fully saturated rings. The minimum absolute atomic E-state index is 0.0974. The van der Waals surface area contributed by atoms with E-state index < -0.39 is 19.0 Å². The molecule has 0 unspecified atom stereocenters. The number of hydrogen-bond acceptors (Lipinski definition) is 3. The van der Waals surface area contributed by atoms with Crippen LogP contribution in [0.1, 0.15) is 12.8 Å². The van der Waals surface area contributed by atoms with Gasteiger partial charge in [-0.05, 0) is 24.3 Å². The number of halogens is 2. The summed E-state index contributed by atoms with van der Waals surface area (Å²) in [4.78, 5) is 11.5. The maximum absolute atomic E-state index is 12.7. The molecule has 1 aliphatic rings. The molecule has 88 valence electrons. The Labute approximate surface area is 92.2 Å². The summed E-state index contributed by atoms with van der Waals surface area (Å²) in [6.45, 7) is -1.38. The molecular weight excluding hydrogens is 222 g/mol. The molecule has 0 aromatic rings. The fourth-order valence-electron chi connectivity index (χ4n) is 1.39. The second-order valence-electron chi connectivity index (χ2n) is 3.66. The van der Waals surface area contributed by atoms with Crippen molar-refractivity contribution in [2.24, 2.45) is 11.7 Å². The van der Waals surface area contributed by atoms with Crippen LogP contribution in [0.25, 0.3) is 0 Å². The smallest absolute Gasteiger partial charge is 0.277 e. The minimum Gasteiger partial charge on any atom is -0.350 e. The maximum atomic E-state index is 12.7. The Kier molecular flexibility index (Phi) is 4.79. The van der Waals surface area contributed by atoms with E-state index in [1.165, 1.54) is 0 Å². The monoisotopic (exact) mass is 238 g/mol. The Morgan fingerprint density at radius 1 is 1.47 bits per heavy atom. The standard InChI is InChI=1S/C9H16F2N2OS/c10-9(11,5-12)6-13-8(14)7-1-3-15-4-2-7/h7H,1-6,12H2,(H,13,14). The van der Waals surface area contributed by atoms with Crippen LogP contribution in [0.2, 0.25) is 0 Å². The molecule has 1 rings (SSSR count). The zero-order valence-electron chi connectivity index (χ0n) is 8.47. The summed E-state index contributed by atoms with van der Waals surface area (Å²) in [6, 6.07) is 0. The number of rotatable bonds is 4. The third kappa shape index (κ3) is 4.34. The second kappa shape index (κ2) is 5.65. The summed E-state index contributed by atoms with van der Waals surface area (Å²) in [6.07, 6.45) is 1.56. The first-order valence-electron chi connectivity index (χ1n) is 4.98. The Hall–Kier alpha value is -0.360. The fourth-order valence-corrected chi connectivity index (χ4v) is 2.50. The lowest BCUT2D eigenvalue weighted by Gasteiger charge is -2.22. The molecule has 1 heterocycles. The van der Waals surface area contributed by atoms with Crippen LogP contribution in [0.5, 0.6) is 0 Å². The molecule has 3 N–H and O–H groups in total. The highest BCUT2D eigenvalue weighted by Crippen LogP contribution is 2.22. The molecule has 1 amide bonds. The third-order valence-corrected chi connectivity index (χ3v) is 3.46. The molecule has 0 aliphatic carbocycles. The van der Waals surface area contributed by atoms with Gasteiger partial charge in [0.15, 0.2) is 0 Å². The quantitative estimate of drug-likeness (QED) is 0.763. The molecule has 0 aromatic heterocycles. The van der Waals surface area contributed by atoms with Crippen molar-refractivity contribution in [3.05, 3.63) is 0 Å². The highest BCUT2D eigenvalue weighted by Gasteiger charge is 2.29. The van der Waals surface area contributed by atoms with Crippen LogP contribution in [-0.4, -0.2) is 36.4 Å². The normalized spacial score (nSPS) is 18.9. The van der Waals surface area contributed by atoms with Gasteiger partial charge in [-0.2, -0.15) is 11.8 Å². The van der Waals surface area contributed by atoms with Crippen molar-refractivity contribution in [2.75, 3.05) is 24.6 Å². The molecule has 0 bridgehead atoms. The van der Waals surface area contributed by atoms with Crippen molar-refractivity contribution in [1.82, 2.24) is 5.32 Å². The van der Waals surface area contributed by atoms with Gasteiger partial charge in [-0.3, -0.25) is 4.79 Å². The topological polar surface area (TPSA) is 55.1 Å². The number of carbonyl (C=O) groups is 1. The largest absolute Gasteiger partial charge is 0.350 e. The van der Waals surface area contributed by atoms with Crippen molar-refractivity contribution in [3.63, 3.8) is 0 Å². The van der Waals surface area contributed by atoms with Gasteiger partial charge in [0.25, 0.3) is 5.92 Å². The summed E-state index contributed by atoms with van der Waals surface area (Å²) in [7, 11) is 0. The van der Waals surface area contributed by atoms with E-state index in [0.29, 0.717) is 0 Å². The van der Waals surface area contributed by atoms with Gasteiger partial charge in [0, 0.05) is 5.92 Å². The van der Waals surface area contributed by atoms with Gasteiger partial charge in [-0.1, -0.05) is 0 Å². The van der Waals surface area contributed by atoms with Crippen LogP contribution in [0, 0.1) is 5.92 Å². The van der Waals surface area contributed by atoms with Crippen LogP contribution < -0.4 is 11.1 Å². The molecule has 0 atom stereocenters. The summed E-state index contributed by atoms with van der Waals surface area (Å²) in [5, 5.41) is 2.27. The van der Waals surface area contributed by atoms with Crippen molar-refractivity contribution in [2.45, 2.75) is 18.8 Å². The molecule has 1 aliphatic heterocycles. The first-order chi connectivity index (χ1) is 7.05. The van der Waals surface area contributed by atoms with Crippen LogP contribution in [0.4, 0.5) is 8.78 Å². The average molecular weight is 238 g/mol. The molecule has 3 nitrogen and oxygen atoms in total. The number of nitrogens with one attached hydrogen (secondary N) is 1. The molecule has 6 heteroatoms. The number of nitrogens with two attached hydrogens (primary N) is 1. The van der Waals surface area contributed by atoms with Crippen molar-refractivity contribution < 1.29 is 13.6 Å². The molecule has 1 saturated heterocycles. The van der Waals surface area contributed by atoms with Crippen LogP contribution in [0.15, 0.2) is 0 Å². The van der Waals surface area contributed by atoms with Gasteiger partial charge in [0.2, 0.25) is 5.91 Å². The van der Waals surface area contributed by atoms with Crippen LogP contribution >= 0.6 is 11.8 Å². The Morgan fingerprint density at radius 3 is 2.60 bits per heavy atom. The highest BCUT2D eigenvalue weighted by atomic mass is 32.2. The lowest BCUT2D eigenvalue weighted by Crippen LogP contribution is -2.44. The van der Waals surface area contributed by atoms with E-state index in [9.17, 15) is 13.6 Å². The Balaban J connectivity index is 2.28. The molecule has 0 saturated carbocycles. The number of thioether (sulfide) groups is 1. The van der Waals surface area contributed by atoms with Gasteiger partial charge < -0.3 is 11.1 Å². The lowest BCUT2D eigenvalue weighted by molar-refractivity contribution is -0.127. The van der Waals surface area contributed by atoms with Crippen molar-refractivity contribution >= 4 is 17.7 Å². The van der Waals surface area contributed by atoms with E-state index in [2.05, 4.69) is 5.32 Å². The number of alkyl halides is 2. The Bertz CT molecular complexity index is 220. The number of carbonyl (C=O) groups excluding carboxylic acids is 1. The zero-order valence-corrected chi connectivity index (χ0v) is 9.29. The van der Waals surface area contributed by atoms with Crippen LogP contribution in [0.3, 0.4) is 0 Å². The Morgan fingerprint density at radius 2 is 2.07 bits per heavy atom. The first-order valence-corrected chi connectivity index (χ1v) is 6.14. The van der Waals surface area contributed by atoms with E-state index in [1.807, 2.05) is 0 Å². The SMILES string of the molecule is NCC(F)(F)CNC(=O)C1CCSCC1. The van der Waals surface area contributed by atoms with E-state index in [0.717, 1.165) is 24.3 Å². The van der Waals surface area contributed by atoms with Crippen molar-refractivity contribution in [3.8, 4) is 0 Å². The van der Waals surface area contributed by atoms with Gasteiger partial charge in [0.05, 0.1) is 13.1 Å². The zero-order chi connectivity index (χ0) is 11.3. The van der Waals surface area contributed by atoms with Gasteiger partial charge in [-0.25, -0.2) is 8.78 Å². The van der Waals surface area contributed by atoms with E-state index in [1.54, 1.807) is 11.8 Å². The van der Waals surface area contributed by atoms with Gasteiger partial charge in [-0.15, -0.1) is 0 Å². The first kappa shape index (κ1) is 12.7. The van der Waals surface area contributed by atoms with E-state index in [-0.39, 0.29) is 11.8 Å². The number of amides is 1. The predicted octanol–water partition coefficient (Wildman–Crippen LogP) is 0.840. The third-order valence-electron chi connectivity index (χ3n) is 2.41. The lowest BCUT2D eigenvalue weighted by atomic mass is 10.0. The summed E-state index contributed by atoms with van der Waals surface area (Å²) in [5.74, 6) is -1.47. The predicted molar refractivity (Wildman–Crippen MR) is 57.1 cm³/mol. The maximum Gasteiger partial charge on any atom is 0.277 e. The van der Waals surface area contributed by atoms with Gasteiger partial charge >= 0.3 is 0 Å². The average Bonchev–Trinajstić information content (AvgIpc) is 2.27. The van der Waals surface area contributed by atoms with Gasteiger partial charge in [0.1, 0.15) is 0 Å². The fraction of sp³-hybridized carbons (Fsp3) is 0.889. The summed E-state index contributed by atoms with van der Waals surface area (Å²) < 4.78 is 25.5. The summed E-state index contributed by atoms with van der Waals surface area (Å²) in [5.41, 5.74) is 4.87. The highest BCUT2D eigenvalue weighted by molar-refractivity contribution is 7.99. The van der Waals surface area contributed by atoms with E-state index >= 15 is 0 Å². The second-order valence-corrected chi connectivity index (χ2v) is 4.89. The van der Waals surface area contributed by atoms with Crippen molar-refractivity contribution in [1.29, 1.82) is 0 Å². The minimum atomic E-state index is -2.99. The van der Waals surface area contributed by atoms with E-state index in [4.69, 9.17) is 5.73 Å². The molecule has 0 aromatic carbocycles. The molecular formula is C9H16F2N2OS. The summed E-state index contributed by atoms with van der Waals surface area (Å²) >= 11 is 1.80. The number of hydrogen-bond donors (Lipinski definition) is 2. The van der Waals surface area contributed by atoms with Crippen LogP contribution in [-0.2, 0) is 4.79 Å². The molecule has 15 heavy (non-hydrogen) atoms. The molecule has 0 radical (unpaired) electrons. The molecule has 0 spiro atoms.